The molecular formula is C13H13ClN2O3. The number of rotatable bonds is 3. The van der Waals surface area contributed by atoms with Gasteiger partial charge in [-0.15, -0.1) is 0 Å². The first-order chi connectivity index (χ1) is 9.29. The lowest BCUT2D eigenvalue weighted by molar-refractivity contribution is 0.171. The van der Waals surface area contributed by atoms with Crippen LogP contribution in [0, 0.1) is 0 Å². The fraction of sp³-hybridized carbons (Fsp3) is 0.231. The maximum absolute atomic E-state index is 5.99. The molecule has 1 aliphatic rings. The minimum absolute atomic E-state index is 0.262. The van der Waals surface area contributed by atoms with Gasteiger partial charge in [-0.1, -0.05) is 6.07 Å². The predicted octanol–water partition coefficient (Wildman–Crippen LogP) is 2.26. The third-order valence-corrected chi connectivity index (χ3v) is 3.33. The van der Waals surface area contributed by atoms with Crippen molar-refractivity contribution in [1.29, 1.82) is 0 Å². The molecule has 0 spiro atoms. The maximum Gasteiger partial charge on any atom is 0.198 e. The molecule has 0 saturated heterocycles. The van der Waals surface area contributed by atoms with Crippen molar-refractivity contribution in [2.75, 3.05) is 13.2 Å². The highest BCUT2D eigenvalue weighted by atomic mass is 35.5. The lowest BCUT2D eigenvalue weighted by atomic mass is 10.0. The van der Waals surface area contributed by atoms with E-state index in [9.17, 15) is 0 Å². The number of nitrogens with one attached hydrogen (secondary N) is 1. The van der Waals surface area contributed by atoms with Crippen molar-refractivity contribution in [1.82, 2.24) is 5.43 Å². The molecule has 1 aromatic heterocycles. The molecular weight excluding hydrogens is 268 g/mol. The third kappa shape index (κ3) is 2.28. The third-order valence-electron chi connectivity index (χ3n) is 3.02. The second-order valence-electron chi connectivity index (χ2n) is 4.15. The molecule has 1 aliphatic heterocycles. The van der Waals surface area contributed by atoms with Crippen LogP contribution in [-0.4, -0.2) is 13.2 Å². The van der Waals surface area contributed by atoms with Gasteiger partial charge in [0.25, 0.3) is 0 Å². The van der Waals surface area contributed by atoms with Crippen LogP contribution in [-0.2, 0) is 0 Å². The monoisotopic (exact) mass is 280 g/mol. The molecule has 6 heteroatoms. The van der Waals surface area contributed by atoms with E-state index in [2.05, 4.69) is 5.43 Å². The van der Waals surface area contributed by atoms with E-state index in [1.165, 1.54) is 6.26 Å². The van der Waals surface area contributed by atoms with E-state index >= 15 is 0 Å². The van der Waals surface area contributed by atoms with Crippen LogP contribution in [0.15, 0.2) is 34.9 Å². The molecule has 3 rings (SSSR count). The average Bonchev–Trinajstić information content (AvgIpc) is 2.86. The van der Waals surface area contributed by atoms with Crippen molar-refractivity contribution in [3.63, 3.8) is 0 Å². The van der Waals surface area contributed by atoms with Gasteiger partial charge in [-0.05, 0) is 35.4 Å². The van der Waals surface area contributed by atoms with Crippen LogP contribution >= 0.6 is 11.6 Å². The highest BCUT2D eigenvalue weighted by molar-refractivity contribution is 6.29. The molecule has 0 radical (unpaired) electrons. The van der Waals surface area contributed by atoms with Crippen LogP contribution in [0.1, 0.15) is 17.2 Å². The maximum atomic E-state index is 5.99. The van der Waals surface area contributed by atoms with Crippen LogP contribution in [0.3, 0.4) is 0 Å². The Hall–Kier alpha value is -1.69. The fourth-order valence-electron chi connectivity index (χ4n) is 2.12. The molecule has 100 valence electrons. The van der Waals surface area contributed by atoms with Gasteiger partial charge in [0.15, 0.2) is 16.7 Å². The Morgan fingerprint density at radius 2 is 1.95 bits per heavy atom. The first-order valence-corrected chi connectivity index (χ1v) is 6.26. The SMILES string of the molecule is NNC(c1ccc2c(c1)OCCO2)c1ccoc1Cl. The Bertz CT molecular complexity index is 585. The molecule has 1 aromatic carbocycles. The first-order valence-electron chi connectivity index (χ1n) is 5.88. The summed E-state index contributed by atoms with van der Waals surface area (Å²) in [6.45, 7) is 1.11. The van der Waals surface area contributed by atoms with Crippen LogP contribution in [0.25, 0.3) is 0 Å². The molecule has 19 heavy (non-hydrogen) atoms. The molecule has 0 fully saturated rings. The standard InChI is InChI=1S/C13H13ClN2O3/c14-13-9(3-4-19-13)12(16-15)8-1-2-10-11(7-8)18-6-5-17-10/h1-4,7,12,16H,5-6,15H2. The Labute approximate surface area is 115 Å². The normalized spacial score (nSPS) is 15.3. The zero-order valence-electron chi connectivity index (χ0n) is 10.1. The molecule has 0 amide bonds. The number of fused-ring (bicyclic) bond motifs is 1. The van der Waals surface area contributed by atoms with Crippen molar-refractivity contribution >= 4 is 11.6 Å². The molecule has 0 bridgehead atoms. The van der Waals surface area contributed by atoms with Crippen molar-refractivity contribution in [2.24, 2.45) is 5.84 Å². The minimum Gasteiger partial charge on any atom is -0.486 e. The van der Waals surface area contributed by atoms with Gasteiger partial charge in [-0.3, -0.25) is 5.84 Å². The van der Waals surface area contributed by atoms with Crippen molar-refractivity contribution in [2.45, 2.75) is 6.04 Å². The molecule has 1 atom stereocenters. The molecule has 0 aliphatic carbocycles. The van der Waals surface area contributed by atoms with E-state index in [4.69, 9.17) is 31.3 Å². The zero-order valence-corrected chi connectivity index (χ0v) is 10.8. The number of ether oxygens (including phenoxy) is 2. The predicted molar refractivity (Wildman–Crippen MR) is 70.3 cm³/mol. The second kappa shape index (κ2) is 5.13. The van der Waals surface area contributed by atoms with Crippen LogP contribution < -0.4 is 20.7 Å². The minimum atomic E-state index is -0.262. The number of hydrazine groups is 1. The summed E-state index contributed by atoms with van der Waals surface area (Å²) in [5.74, 6) is 7.07. The molecule has 0 saturated carbocycles. The Balaban J connectivity index is 1.98. The molecule has 1 unspecified atom stereocenters. The quantitative estimate of drug-likeness (QED) is 0.667. The van der Waals surface area contributed by atoms with Crippen molar-refractivity contribution in [3.05, 3.63) is 46.9 Å². The smallest absolute Gasteiger partial charge is 0.198 e. The Kier molecular flexibility index (Phi) is 3.33. The van der Waals surface area contributed by atoms with Gasteiger partial charge in [-0.25, -0.2) is 5.43 Å². The summed E-state index contributed by atoms with van der Waals surface area (Å²) >= 11 is 5.99. The van der Waals surface area contributed by atoms with E-state index in [0.29, 0.717) is 24.2 Å². The number of halogens is 1. The summed E-state index contributed by atoms with van der Waals surface area (Å²) in [6.07, 6.45) is 1.53. The van der Waals surface area contributed by atoms with E-state index in [1.807, 2.05) is 18.2 Å². The average molecular weight is 281 g/mol. The van der Waals surface area contributed by atoms with E-state index in [1.54, 1.807) is 6.07 Å². The lowest BCUT2D eigenvalue weighted by Crippen LogP contribution is -2.29. The van der Waals surface area contributed by atoms with Gasteiger partial charge in [0.1, 0.15) is 13.2 Å². The van der Waals surface area contributed by atoms with Gasteiger partial charge >= 0.3 is 0 Å². The van der Waals surface area contributed by atoms with Gasteiger partial charge in [-0.2, -0.15) is 0 Å². The largest absolute Gasteiger partial charge is 0.486 e. The van der Waals surface area contributed by atoms with Crippen molar-refractivity contribution < 1.29 is 13.9 Å². The summed E-state index contributed by atoms with van der Waals surface area (Å²) in [6, 6.07) is 7.19. The van der Waals surface area contributed by atoms with Gasteiger partial charge < -0.3 is 13.9 Å². The van der Waals surface area contributed by atoms with Crippen LogP contribution in [0.5, 0.6) is 11.5 Å². The number of benzene rings is 1. The second-order valence-corrected chi connectivity index (χ2v) is 4.50. The zero-order chi connectivity index (χ0) is 13.2. The molecule has 2 aromatic rings. The number of nitrogens with two attached hydrogens (primary N) is 1. The number of hydrogen-bond acceptors (Lipinski definition) is 5. The molecule has 5 nitrogen and oxygen atoms in total. The summed E-state index contributed by atoms with van der Waals surface area (Å²) < 4.78 is 16.1. The summed E-state index contributed by atoms with van der Waals surface area (Å²) in [7, 11) is 0. The van der Waals surface area contributed by atoms with E-state index < -0.39 is 0 Å². The summed E-state index contributed by atoms with van der Waals surface area (Å²) in [5, 5.41) is 0.317. The fourth-order valence-corrected chi connectivity index (χ4v) is 2.34. The first kappa shape index (κ1) is 12.3. The van der Waals surface area contributed by atoms with Gasteiger partial charge in [0.2, 0.25) is 0 Å². The molecule has 3 N–H and O–H groups in total. The highest BCUT2D eigenvalue weighted by Crippen LogP contribution is 2.35. The van der Waals surface area contributed by atoms with Crippen molar-refractivity contribution in [3.8, 4) is 11.5 Å². The molecule has 2 heterocycles. The topological polar surface area (TPSA) is 69.7 Å². The summed E-state index contributed by atoms with van der Waals surface area (Å²) in [4.78, 5) is 0. The number of furan rings is 1. The van der Waals surface area contributed by atoms with E-state index in [-0.39, 0.29) is 6.04 Å². The highest BCUT2D eigenvalue weighted by Gasteiger charge is 2.20. The van der Waals surface area contributed by atoms with Gasteiger partial charge in [0, 0.05) is 5.56 Å². The van der Waals surface area contributed by atoms with Crippen LogP contribution in [0.2, 0.25) is 5.22 Å². The summed E-state index contributed by atoms with van der Waals surface area (Å²) in [5.41, 5.74) is 4.43. The Morgan fingerprint density at radius 3 is 2.63 bits per heavy atom. The van der Waals surface area contributed by atoms with E-state index in [0.717, 1.165) is 16.9 Å². The van der Waals surface area contributed by atoms with Crippen LogP contribution in [0.4, 0.5) is 0 Å². The van der Waals surface area contributed by atoms with Gasteiger partial charge in [0.05, 0.1) is 12.3 Å². The number of hydrogen-bond donors (Lipinski definition) is 2. The lowest BCUT2D eigenvalue weighted by Gasteiger charge is -2.21. The Morgan fingerprint density at radius 1 is 1.16 bits per heavy atom.